The Morgan fingerprint density at radius 1 is 1.26 bits per heavy atom. The van der Waals surface area contributed by atoms with Gasteiger partial charge in [-0.1, -0.05) is 42.5 Å². The molecule has 1 heterocycles. The van der Waals surface area contributed by atoms with E-state index in [1.165, 1.54) is 0 Å². The van der Waals surface area contributed by atoms with Crippen LogP contribution in [-0.2, 0) is 11.3 Å². The molecular formula is C18H20N2O3. The predicted molar refractivity (Wildman–Crippen MR) is 89.1 cm³/mol. The Bertz CT molecular complexity index is 642. The highest BCUT2D eigenvalue weighted by atomic mass is 16.5. The molecule has 5 nitrogen and oxygen atoms in total. The highest BCUT2D eigenvalue weighted by Crippen LogP contribution is 2.11. The first-order valence-electron chi connectivity index (χ1n) is 7.38. The van der Waals surface area contributed by atoms with E-state index in [9.17, 15) is 4.79 Å². The lowest BCUT2D eigenvalue weighted by Crippen LogP contribution is -2.24. The summed E-state index contributed by atoms with van der Waals surface area (Å²) in [6.07, 6.45) is 7.60. The van der Waals surface area contributed by atoms with Gasteiger partial charge in [0.1, 0.15) is 12.4 Å². The number of pyridine rings is 1. The third-order valence-electron chi connectivity index (χ3n) is 3.07. The first-order valence-corrected chi connectivity index (χ1v) is 7.38. The number of nitrogens with one attached hydrogen (secondary N) is 1. The maximum Gasteiger partial charge on any atom is 0.407 e. The molecule has 0 atom stereocenters. The molecule has 2 aromatic rings. The lowest BCUT2D eigenvalue weighted by Gasteiger charge is -2.05. The number of alkyl carbamates (subject to hydrolysis) is 1. The lowest BCUT2D eigenvalue weighted by atomic mass is 10.2. The number of rotatable bonds is 7. The largest absolute Gasteiger partial charge is 0.495 e. The minimum atomic E-state index is -0.412. The number of hydrogen-bond acceptors (Lipinski definition) is 4. The van der Waals surface area contributed by atoms with Crippen molar-refractivity contribution in [2.24, 2.45) is 0 Å². The van der Waals surface area contributed by atoms with Crippen molar-refractivity contribution < 1.29 is 14.3 Å². The van der Waals surface area contributed by atoms with Gasteiger partial charge < -0.3 is 14.8 Å². The van der Waals surface area contributed by atoms with Crippen molar-refractivity contribution in [2.75, 3.05) is 13.7 Å². The van der Waals surface area contributed by atoms with Crippen molar-refractivity contribution in [1.82, 2.24) is 10.3 Å². The summed E-state index contributed by atoms with van der Waals surface area (Å²) < 4.78 is 10.2. The Kier molecular flexibility index (Phi) is 6.65. The molecule has 0 spiro atoms. The smallest absolute Gasteiger partial charge is 0.407 e. The Morgan fingerprint density at radius 2 is 2.09 bits per heavy atom. The highest BCUT2D eigenvalue weighted by Gasteiger charge is 2.00. The summed E-state index contributed by atoms with van der Waals surface area (Å²) >= 11 is 0. The average molecular weight is 312 g/mol. The standard InChI is InChI=1S/C18H20N2O3/c1-22-17-11-16(12-19-13-17)9-5-6-10-20-18(21)23-14-15-7-3-2-4-8-15/h2-5,7-9,11-13H,6,10,14H2,1H3,(H,20,21). The van der Waals surface area contributed by atoms with Crippen LogP contribution in [0.1, 0.15) is 17.5 Å². The van der Waals surface area contributed by atoms with Crippen molar-refractivity contribution in [3.8, 4) is 5.75 Å². The van der Waals surface area contributed by atoms with Crippen molar-refractivity contribution in [3.63, 3.8) is 0 Å². The third-order valence-corrected chi connectivity index (χ3v) is 3.07. The van der Waals surface area contributed by atoms with Crippen LogP contribution in [-0.4, -0.2) is 24.7 Å². The van der Waals surface area contributed by atoms with Crippen LogP contribution >= 0.6 is 0 Å². The van der Waals surface area contributed by atoms with Gasteiger partial charge in [-0.15, -0.1) is 0 Å². The molecule has 120 valence electrons. The number of methoxy groups -OCH3 is 1. The number of ether oxygens (including phenoxy) is 2. The van der Waals surface area contributed by atoms with E-state index >= 15 is 0 Å². The van der Waals surface area contributed by atoms with E-state index < -0.39 is 6.09 Å². The fourth-order valence-corrected chi connectivity index (χ4v) is 1.89. The minimum Gasteiger partial charge on any atom is -0.495 e. The number of aromatic nitrogens is 1. The molecule has 0 aliphatic heterocycles. The molecule has 0 radical (unpaired) electrons. The van der Waals surface area contributed by atoms with Crippen LogP contribution in [0.3, 0.4) is 0 Å². The fraction of sp³-hybridized carbons (Fsp3) is 0.222. The van der Waals surface area contributed by atoms with E-state index in [1.54, 1.807) is 19.5 Å². The summed E-state index contributed by atoms with van der Waals surface area (Å²) in [6, 6.07) is 11.5. The number of amides is 1. The van der Waals surface area contributed by atoms with E-state index in [2.05, 4.69) is 10.3 Å². The van der Waals surface area contributed by atoms with Gasteiger partial charge in [0.05, 0.1) is 13.3 Å². The molecule has 1 N–H and O–H groups in total. The Labute approximate surface area is 136 Å². The fourth-order valence-electron chi connectivity index (χ4n) is 1.89. The molecule has 2 rings (SSSR count). The van der Waals surface area contributed by atoms with Gasteiger partial charge in [0, 0.05) is 12.7 Å². The van der Waals surface area contributed by atoms with Gasteiger partial charge in [-0.3, -0.25) is 4.98 Å². The van der Waals surface area contributed by atoms with Crippen LogP contribution < -0.4 is 10.1 Å². The zero-order valence-corrected chi connectivity index (χ0v) is 13.1. The monoisotopic (exact) mass is 312 g/mol. The van der Waals surface area contributed by atoms with Crippen molar-refractivity contribution in [3.05, 3.63) is 66.0 Å². The molecule has 0 aliphatic carbocycles. The van der Waals surface area contributed by atoms with Crippen molar-refractivity contribution >= 4 is 12.2 Å². The van der Waals surface area contributed by atoms with Gasteiger partial charge >= 0.3 is 6.09 Å². The Morgan fingerprint density at radius 3 is 2.87 bits per heavy atom. The zero-order chi connectivity index (χ0) is 16.3. The molecule has 1 amide bonds. The first kappa shape index (κ1) is 16.5. The number of carbonyl (C=O) groups excluding carboxylic acids is 1. The molecule has 0 aliphatic rings. The van der Waals surface area contributed by atoms with Gasteiger partial charge in [0.2, 0.25) is 0 Å². The van der Waals surface area contributed by atoms with Crippen LogP contribution in [0, 0.1) is 0 Å². The maximum atomic E-state index is 11.5. The van der Waals surface area contributed by atoms with Crippen LogP contribution in [0.2, 0.25) is 0 Å². The van der Waals surface area contributed by atoms with Gasteiger partial charge in [-0.25, -0.2) is 4.79 Å². The Balaban J connectivity index is 1.64. The van der Waals surface area contributed by atoms with E-state index in [4.69, 9.17) is 9.47 Å². The number of benzene rings is 1. The maximum absolute atomic E-state index is 11.5. The molecular weight excluding hydrogens is 292 g/mol. The minimum absolute atomic E-state index is 0.276. The topological polar surface area (TPSA) is 60.5 Å². The normalized spacial score (nSPS) is 10.5. The van der Waals surface area contributed by atoms with Crippen molar-refractivity contribution in [2.45, 2.75) is 13.0 Å². The highest BCUT2D eigenvalue weighted by molar-refractivity contribution is 5.67. The molecule has 23 heavy (non-hydrogen) atoms. The first-order chi connectivity index (χ1) is 11.3. The SMILES string of the molecule is COc1cncc(C=CCCNC(=O)OCc2ccccc2)c1. The predicted octanol–water partition coefficient (Wildman–Crippen LogP) is 3.42. The molecule has 0 unspecified atom stereocenters. The van der Waals surface area contributed by atoms with E-state index in [0.717, 1.165) is 16.9 Å². The summed E-state index contributed by atoms with van der Waals surface area (Å²) in [5, 5.41) is 2.71. The number of nitrogens with zero attached hydrogens (tertiary/aromatic N) is 1. The van der Waals surface area contributed by atoms with Crippen LogP contribution in [0.4, 0.5) is 4.79 Å². The van der Waals surface area contributed by atoms with E-state index in [0.29, 0.717) is 13.0 Å². The molecule has 1 aromatic heterocycles. The molecule has 0 bridgehead atoms. The second kappa shape index (κ2) is 9.25. The van der Waals surface area contributed by atoms with E-state index in [-0.39, 0.29) is 6.61 Å². The zero-order valence-electron chi connectivity index (χ0n) is 13.1. The summed E-state index contributed by atoms with van der Waals surface area (Å²) in [6.45, 7) is 0.791. The third kappa shape index (κ3) is 6.22. The molecule has 0 saturated carbocycles. The summed E-state index contributed by atoms with van der Waals surface area (Å²) in [4.78, 5) is 15.6. The van der Waals surface area contributed by atoms with Crippen LogP contribution in [0.15, 0.2) is 54.9 Å². The van der Waals surface area contributed by atoms with Crippen LogP contribution in [0.25, 0.3) is 6.08 Å². The lowest BCUT2D eigenvalue weighted by molar-refractivity contribution is 0.140. The second-order valence-electron chi connectivity index (χ2n) is 4.84. The summed E-state index contributed by atoms with van der Waals surface area (Å²) in [5.74, 6) is 0.717. The average Bonchev–Trinajstić information content (AvgIpc) is 2.61. The molecule has 5 heteroatoms. The quantitative estimate of drug-likeness (QED) is 0.796. The molecule has 1 aromatic carbocycles. The van der Waals surface area contributed by atoms with Crippen LogP contribution in [0.5, 0.6) is 5.75 Å². The van der Waals surface area contributed by atoms with Gasteiger partial charge in [0.15, 0.2) is 0 Å². The number of hydrogen-bond donors (Lipinski definition) is 1. The molecule has 0 fully saturated rings. The van der Waals surface area contributed by atoms with Gasteiger partial charge in [0.25, 0.3) is 0 Å². The van der Waals surface area contributed by atoms with Crippen molar-refractivity contribution in [1.29, 1.82) is 0 Å². The van der Waals surface area contributed by atoms with E-state index in [1.807, 2.05) is 48.6 Å². The van der Waals surface area contributed by atoms with Gasteiger partial charge in [-0.2, -0.15) is 0 Å². The summed E-state index contributed by atoms with van der Waals surface area (Å²) in [7, 11) is 1.61. The van der Waals surface area contributed by atoms with Gasteiger partial charge in [-0.05, 0) is 23.6 Å². The Hall–Kier alpha value is -2.82. The number of carbonyl (C=O) groups is 1. The second-order valence-corrected chi connectivity index (χ2v) is 4.84. The summed E-state index contributed by atoms with van der Waals surface area (Å²) in [5.41, 5.74) is 1.92. The molecule has 0 saturated heterocycles.